The Labute approximate surface area is 209 Å². The molecule has 9 heteroatoms. The standard InChI is InChI=1S/C27H34O9/c1-13(28)34-17-5-7-24(3)16(10-17)11-19-27(36-19)22(24)21(35-14(2)29)23(31)25(4)18(6-8-26(25,27)32)15-9-20(30)33-12-15/h9,16-19,21-22,32H,5-8,10-12H2,1-4H3/t16-,17-,18+,19-,21-,22+,24-,25-,26+,27-/m0/s1. The molecule has 2 aliphatic heterocycles. The number of ketones is 1. The third-order valence-corrected chi connectivity index (χ3v) is 10.7. The summed E-state index contributed by atoms with van der Waals surface area (Å²) in [6.07, 6.45) is 3.34. The number of esters is 3. The predicted molar refractivity (Wildman–Crippen MR) is 122 cm³/mol. The number of ether oxygens (including phenoxy) is 4. The molecule has 196 valence electrons. The molecule has 4 saturated carbocycles. The van der Waals surface area contributed by atoms with Gasteiger partial charge in [0.25, 0.3) is 0 Å². The first-order chi connectivity index (χ1) is 16.9. The van der Waals surface area contributed by atoms with Crippen molar-refractivity contribution in [1.82, 2.24) is 0 Å². The summed E-state index contributed by atoms with van der Waals surface area (Å²) in [5.74, 6) is -2.47. The number of aliphatic hydroxyl groups is 1. The van der Waals surface area contributed by atoms with E-state index in [0.29, 0.717) is 44.1 Å². The molecule has 0 aromatic rings. The molecule has 6 aliphatic rings. The maximum atomic E-state index is 14.4. The first kappa shape index (κ1) is 24.1. The summed E-state index contributed by atoms with van der Waals surface area (Å²) in [6, 6.07) is 0. The summed E-state index contributed by atoms with van der Waals surface area (Å²) in [7, 11) is 0. The molecule has 0 bridgehead atoms. The van der Waals surface area contributed by atoms with Crippen molar-refractivity contribution in [1.29, 1.82) is 0 Å². The minimum Gasteiger partial charge on any atom is -0.463 e. The Morgan fingerprint density at radius 3 is 2.42 bits per heavy atom. The van der Waals surface area contributed by atoms with Gasteiger partial charge in [0.15, 0.2) is 11.9 Å². The van der Waals surface area contributed by atoms with Crippen LogP contribution in [-0.4, -0.2) is 64.9 Å². The largest absolute Gasteiger partial charge is 0.463 e. The lowest BCUT2D eigenvalue weighted by Crippen LogP contribution is -2.76. The van der Waals surface area contributed by atoms with Gasteiger partial charge in [0.2, 0.25) is 0 Å². The Kier molecular flexibility index (Phi) is 4.96. The van der Waals surface area contributed by atoms with Gasteiger partial charge >= 0.3 is 17.9 Å². The molecule has 1 saturated heterocycles. The van der Waals surface area contributed by atoms with Gasteiger partial charge in [-0.25, -0.2) is 4.79 Å². The highest BCUT2D eigenvalue weighted by Crippen LogP contribution is 2.77. The summed E-state index contributed by atoms with van der Waals surface area (Å²) in [5.41, 5.74) is -3.55. The van der Waals surface area contributed by atoms with Crippen molar-refractivity contribution >= 4 is 23.7 Å². The number of fused-ring (bicyclic) bond motifs is 3. The molecule has 4 aliphatic carbocycles. The van der Waals surface area contributed by atoms with Crippen LogP contribution in [0.3, 0.4) is 0 Å². The molecular formula is C27H34O9. The molecule has 9 nitrogen and oxygen atoms in total. The molecular weight excluding hydrogens is 468 g/mol. The van der Waals surface area contributed by atoms with Crippen molar-refractivity contribution in [2.45, 2.75) is 95.7 Å². The number of epoxide rings is 1. The lowest BCUT2D eigenvalue weighted by atomic mass is 9.41. The van der Waals surface area contributed by atoms with Crippen LogP contribution in [0, 0.1) is 28.6 Å². The average molecular weight is 503 g/mol. The molecule has 0 amide bonds. The molecule has 10 atom stereocenters. The lowest BCUT2D eigenvalue weighted by molar-refractivity contribution is -0.232. The zero-order chi connectivity index (χ0) is 25.8. The first-order valence-corrected chi connectivity index (χ1v) is 13.0. The van der Waals surface area contributed by atoms with Gasteiger partial charge in [-0.3, -0.25) is 14.4 Å². The van der Waals surface area contributed by atoms with E-state index in [1.54, 1.807) is 6.92 Å². The Morgan fingerprint density at radius 1 is 1.06 bits per heavy atom. The number of cyclic esters (lactones) is 1. The maximum absolute atomic E-state index is 14.4. The van der Waals surface area contributed by atoms with E-state index in [2.05, 4.69) is 6.92 Å². The molecule has 0 aromatic carbocycles. The summed E-state index contributed by atoms with van der Waals surface area (Å²) < 4.78 is 23.0. The number of carbonyl (C=O) groups is 4. The summed E-state index contributed by atoms with van der Waals surface area (Å²) in [4.78, 5) is 50.3. The zero-order valence-electron chi connectivity index (χ0n) is 21.2. The number of carbonyl (C=O) groups excluding carboxylic acids is 4. The van der Waals surface area contributed by atoms with Gasteiger partial charge in [-0.15, -0.1) is 0 Å². The highest BCUT2D eigenvalue weighted by Gasteiger charge is 2.89. The van der Waals surface area contributed by atoms with Gasteiger partial charge in [0.05, 0.1) is 11.5 Å². The SMILES string of the molecule is CC(=O)O[C@H]1CC[C@@]2(C)[C@@H](C1)C[C@@H]1O[C@]13[C@@H]2[C@H](OC(C)=O)C(=O)[C@]1(C)[C@@H](C2=CC(=O)OC2)CC[C@]31O. The summed E-state index contributed by atoms with van der Waals surface area (Å²) in [6.45, 7) is 6.67. The van der Waals surface area contributed by atoms with Gasteiger partial charge in [-0.2, -0.15) is 0 Å². The Balaban J connectivity index is 1.45. The van der Waals surface area contributed by atoms with Gasteiger partial charge in [-0.05, 0) is 68.3 Å². The van der Waals surface area contributed by atoms with Gasteiger partial charge < -0.3 is 24.1 Å². The van der Waals surface area contributed by atoms with Crippen LogP contribution in [0.4, 0.5) is 0 Å². The van der Waals surface area contributed by atoms with Crippen LogP contribution < -0.4 is 0 Å². The third kappa shape index (κ3) is 2.79. The van der Waals surface area contributed by atoms with E-state index in [9.17, 15) is 24.3 Å². The van der Waals surface area contributed by atoms with Crippen molar-refractivity contribution in [3.05, 3.63) is 11.6 Å². The predicted octanol–water partition coefficient (Wildman–Crippen LogP) is 2.03. The van der Waals surface area contributed by atoms with Crippen molar-refractivity contribution in [3.63, 3.8) is 0 Å². The van der Waals surface area contributed by atoms with E-state index in [0.717, 1.165) is 0 Å². The smallest absolute Gasteiger partial charge is 0.331 e. The van der Waals surface area contributed by atoms with Crippen molar-refractivity contribution in [2.75, 3.05) is 6.61 Å². The number of hydrogen-bond acceptors (Lipinski definition) is 9. The molecule has 2 heterocycles. The summed E-state index contributed by atoms with van der Waals surface area (Å²) >= 11 is 0. The quantitative estimate of drug-likeness (QED) is 0.350. The third-order valence-electron chi connectivity index (χ3n) is 10.7. The minimum absolute atomic E-state index is 0.0841. The molecule has 0 radical (unpaired) electrons. The molecule has 0 aromatic heterocycles. The van der Waals surface area contributed by atoms with E-state index < -0.39 is 51.9 Å². The van der Waals surface area contributed by atoms with Crippen LogP contribution in [0.2, 0.25) is 0 Å². The van der Waals surface area contributed by atoms with E-state index in [1.165, 1.54) is 19.9 Å². The van der Waals surface area contributed by atoms with E-state index >= 15 is 0 Å². The maximum Gasteiger partial charge on any atom is 0.331 e. The second-order valence-electron chi connectivity index (χ2n) is 12.2. The average Bonchev–Trinajstić information content (AvgIpc) is 3.24. The molecule has 0 unspecified atom stereocenters. The summed E-state index contributed by atoms with van der Waals surface area (Å²) in [5, 5.41) is 12.6. The Hall–Kier alpha value is -2.26. The van der Waals surface area contributed by atoms with Gasteiger partial charge in [-0.1, -0.05) is 6.92 Å². The highest BCUT2D eigenvalue weighted by molar-refractivity contribution is 5.95. The van der Waals surface area contributed by atoms with Crippen molar-refractivity contribution in [3.8, 4) is 0 Å². The van der Waals surface area contributed by atoms with Crippen LogP contribution >= 0.6 is 0 Å². The van der Waals surface area contributed by atoms with Crippen LogP contribution in [0.25, 0.3) is 0 Å². The molecule has 6 rings (SSSR count). The molecule has 36 heavy (non-hydrogen) atoms. The second-order valence-corrected chi connectivity index (χ2v) is 12.2. The Bertz CT molecular complexity index is 1100. The lowest BCUT2D eigenvalue weighted by Gasteiger charge is -2.62. The van der Waals surface area contributed by atoms with Crippen LogP contribution in [0.15, 0.2) is 11.6 Å². The van der Waals surface area contributed by atoms with E-state index in [1.807, 2.05) is 0 Å². The molecule has 5 fully saturated rings. The zero-order valence-corrected chi connectivity index (χ0v) is 21.2. The topological polar surface area (TPSA) is 129 Å². The second kappa shape index (κ2) is 7.40. The van der Waals surface area contributed by atoms with Crippen LogP contribution in [0.1, 0.15) is 66.2 Å². The fraction of sp³-hybridized carbons (Fsp3) is 0.778. The molecule has 1 spiro atoms. The van der Waals surface area contributed by atoms with Gasteiger partial charge in [0.1, 0.15) is 23.9 Å². The first-order valence-electron chi connectivity index (χ1n) is 13.0. The fourth-order valence-corrected chi connectivity index (χ4v) is 9.20. The van der Waals surface area contributed by atoms with Crippen molar-refractivity contribution in [2.24, 2.45) is 28.6 Å². The van der Waals surface area contributed by atoms with Crippen LogP contribution in [-0.2, 0) is 38.1 Å². The minimum atomic E-state index is -1.47. The normalized spacial score (nSPS) is 50.6. The van der Waals surface area contributed by atoms with E-state index in [4.69, 9.17) is 18.9 Å². The Morgan fingerprint density at radius 2 is 1.78 bits per heavy atom. The van der Waals surface area contributed by atoms with E-state index in [-0.39, 0.29) is 36.5 Å². The number of rotatable bonds is 3. The monoisotopic (exact) mass is 502 g/mol. The number of hydrogen-bond donors (Lipinski definition) is 1. The van der Waals surface area contributed by atoms with Crippen LogP contribution in [0.5, 0.6) is 0 Å². The van der Waals surface area contributed by atoms with Crippen molar-refractivity contribution < 1.29 is 43.2 Å². The highest BCUT2D eigenvalue weighted by atomic mass is 16.6. The fourth-order valence-electron chi connectivity index (χ4n) is 9.20. The number of Topliss-reactive ketones (excluding diaryl/α,β-unsaturated/α-hetero) is 1. The molecule has 1 N–H and O–H groups in total. The van der Waals surface area contributed by atoms with Gasteiger partial charge in [0, 0.05) is 25.8 Å².